The van der Waals surface area contributed by atoms with E-state index in [0.29, 0.717) is 13.2 Å². The molecule has 8 nitrogen and oxygen atoms in total. The molecule has 104 heavy (non-hydrogen) atoms. The van der Waals surface area contributed by atoms with Gasteiger partial charge in [0.1, 0.15) is 33.6 Å². The first kappa shape index (κ1) is 78.9. The maximum atomic E-state index is 7.29. The van der Waals surface area contributed by atoms with Crippen molar-refractivity contribution in [2.24, 2.45) is 0 Å². The summed E-state index contributed by atoms with van der Waals surface area (Å²) in [7, 11) is 0. The Hall–Kier alpha value is -6.18. The van der Waals surface area contributed by atoms with E-state index in [2.05, 4.69) is 139 Å². The lowest BCUT2D eigenvalue weighted by Crippen LogP contribution is -2.03. The maximum absolute atomic E-state index is 7.29. The van der Waals surface area contributed by atoms with Crippen LogP contribution in [0.15, 0.2) is 106 Å². The van der Waals surface area contributed by atoms with Crippen LogP contribution in [0.3, 0.4) is 0 Å². The van der Waals surface area contributed by atoms with Crippen LogP contribution in [0.25, 0.3) is 105 Å². The Morgan fingerprint density at radius 3 is 1.01 bits per heavy atom. The molecule has 0 bridgehead atoms. The van der Waals surface area contributed by atoms with Crippen molar-refractivity contribution in [1.82, 2.24) is 20.6 Å². The summed E-state index contributed by atoms with van der Waals surface area (Å²) in [6, 6.07) is 35.6. The molecule has 0 atom stereocenters. The average Bonchev–Trinajstić information content (AvgIpc) is 1.55. The van der Waals surface area contributed by atoms with Crippen LogP contribution < -0.4 is 9.47 Å². The second-order valence-corrected chi connectivity index (χ2v) is 34.3. The summed E-state index contributed by atoms with van der Waals surface area (Å²) in [6.45, 7) is 15.0. The highest BCUT2D eigenvalue weighted by molar-refractivity contribution is 7.25. The molecule has 0 saturated heterocycles. The van der Waals surface area contributed by atoms with Gasteiger partial charge in [-0.1, -0.05) is 320 Å². The summed E-state index contributed by atoms with van der Waals surface area (Å²) >= 11 is 7.56. The van der Waals surface area contributed by atoms with Crippen LogP contribution in [-0.2, 0) is 12.8 Å². The van der Waals surface area contributed by atoms with Crippen LogP contribution in [0.1, 0.15) is 307 Å². The number of rotatable bonds is 52. The molecule has 0 radical (unpaired) electrons. The summed E-state index contributed by atoms with van der Waals surface area (Å²) in [5.74, 6) is 1.81. The van der Waals surface area contributed by atoms with Gasteiger partial charge in [0.2, 0.25) is 0 Å². The highest BCUT2D eigenvalue weighted by atomic mass is 32.1. The van der Waals surface area contributed by atoms with Gasteiger partial charge < -0.3 is 9.47 Å². The average molecular weight is 1480 g/mol. The topological polar surface area (TPSA) is 96.3 Å². The van der Waals surface area contributed by atoms with E-state index < -0.39 is 0 Å². The minimum atomic E-state index is 0.637. The number of hydrogen-bond acceptors (Lipinski definition) is 12. The Bertz CT molecular complexity index is 4220. The molecule has 0 spiro atoms. The first-order valence-electron chi connectivity index (χ1n) is 41.6. The third kappa shape index (κ3) is 21.2. The van der Waals surface area contributed by atoms with Gasteiger partial charge in [0, 0.05) is 60.9 Å². The number of nitrogens with zero attached hydrogens (tertiary/aromatic N) is 4. The predicted octanol–water partition coefficient (Wildman–Crippen LogP) is 31.5. The summed E-state index contributed by atoms with van der Waals surface area (Å²) in [5, 5.41) is 22.2. The molecule has 0 aliphatic heterocycles. The number of hydrogen-bond donors (Lipinski definition) is 0. The Kier molecular flexibility index (Phi) is 32.6. The number of unbranched alkanes of at least 4 members (excludes halogenated alkanes) is 36. The quantitative estimate of drug-likeness (QED) is 0.0348. The van der Waals surface area contributed by atoms with E-state index >= 15 is 0 Å². The van der Waals surface area contributed by atoms with Crippen LogP contribution >= 0.6 is 45.3 Å². The highest BCUT2D eigenvalue weighted by Crippen LogP contribution is 2.55. The van der Waals surface area contributed by atoms with Crippen molar-refractivity contribution in [3.63, 3.8) is 0 Å². The number of aryl methyl sites for hydroxylation is 2. The van der Waals surface area contributed by atoms with Gasteiger partial charge in [-0.3, -0.25) is 0 Å². The molecule has 5 aromatic carbocycles. The van der Waals surface area contributed by atoms with Gasteiger partial charge >= 0.3 is 0 Å². The first-order chi connectivity index (χ1) is 51.4. The number of aromatic nitrogens is 4. The van der Waals surface area contributed by atoms with Gasteiger partial charge in [-0.25, -0.2) is 9.26 Å². The molecule has 0 aliphatic carbocycles. The molecule has 0 aliphatic rings. The van der Waals surface area contributed by atoms with Crippen molar-refractivity contribution in [3.8, 4) is 74.1 Å². The van der Waals surface area contributed by atoms with E-state index in [-0.39, 0.29) is 0 Å². The van der Waals surface area contributed by atoms with Gasteiger partial charge in [0.05, 0.1) is 24.3 Å². The van der Waals surface area contributed by atoms with Crippen LogP contribution in [0.2, 0.25) is 0 Å². The van der Waals surface area contributed by atoms with Gasteiger partial charge in [0.25, 0.3) is 0 Å². The lowest BCUT2D eigenvalue weighted by atomic mass is 9.92. The molecule has 0 amide bonds. The van der Waals surface area contributed by atoms with E-state index in [1.807, 2.05) is 45.3 Å². The largest absolute Gasteiger partial charge is 0.493 e. The van der Waals surface area contributed by atoms with Gasteiger partial charge in [-0.05, 0) is 142 Å². The fourth-order valence-corrected chi connectivity index (χ4v) is 20.7. The van der Waals surface area contributed by atoms with Crippen molar-refractivity contribution < 1.29 is 18.7 Å². The van der Waals surface area contributed by atoms with E-state index in [0.717, 1.165) is 129 Å². The zero-order chi connectivity index (χ0) is 71.9. The molecule has 6 aromatic heterocycles. The fourth-order valence-electron chi connectivity index (χ4n) is 15.9. The van der Waals surface area contributed by atoms with E-state index in [4.69, 9.17) is 39.4 Å². The third-order valence-electron chi connectivity index (χ3n) is 21.8. The van der Waals surface area contributed by atoms with Crippen LogP contribution in [0.4, 0.5) is 0 Å². The normalized spacial score (nSPS) is 11.9. The standard InChI is InChI=1S/C92H122N4O4S4/c1-7-11-15-19-23-27-31-35-39-49-57-71-73-65-79(82-68(6)90(98-64-52-42-38-34-30-26-22-18-14-10-4)83(87-86(82)94-100-95-87)78-62-61-77(102-78)76-60-59-75(101-76)69-53-45-43-46-54-69)103-91(73)72(58-50-40-36-32-28-24-20-16-12-8-2)74-66-80(104-92(71)74)84-88-85(93-99-96-88)81(70-55-47-44-48-56-70)67(5)89(84)97-63-51-41-37-33-29-25-21-17-13-9-3/h43-48,53-56,59-62,65-66H,7-42,49-52,57-58,63-64H2,1-6H3. The first-order valence-corrected chi connectivity index (χ1v) is 44.8. The summed E-state index contributed by atoms with van der Waals surface area (Å²) in [4.78, 5) is 7.23. The van der Waals surface area contributed by atoms with Crippen LogP contribution in [-0.4, -0.2) is 33.8 Å². The molecule has 0 unspecified atom stereocenters. The minimum absolute atomic E-state index is 0.637. The van der Waals surface area contributed by atoms with Crippen molar-refractivity contribution >= 4 is 87.6 Å². The SMILES string of the molecule is CCCCCCCCCCCCOc1c(C)c(-c2ccccc2)c2nonc2c1-c1cc2c(CCCCCCCCCCCC)c3sc(-c4c(C)c(OCCCCCCCCCCCC)c(-c5ccc(-c6ccc(-c7ccccc7)s6)s5)c5nonc45)cc3c(CCCCCCCCCCCC)c2s1. The summed E-state index contributed by atoms with van der Waals surface area (Å²) in [6.07, 6.45) is 53.4. The Morgan fingerprint density at radius 2 is 0.596 bits per heavy atom. The lowest BCUT2D eigenvalue weighted by molar-refractivity contribution is 0.303. The maximum Gasteiger partial charge on any atom is 0.148 e. The minimum Gasteiger partial charge on any atom is -0.493 e. The highest BCUT2D eigenvalue weighted by Gasteiger charge is 2.31. The second kappa shape index (κ2) is 43.0. The van der Waals surface area contributed by atoms with Crippen LogP contribution in [0.5, 0.6) is 11.5 Å². The zero-order valence-electron chi connectivity index (χ0n) is 64.4. The molecule has 558 valence electrons. The number of thiophene rings is 4. The molecular formula is C92H122N4O4S4. The predicted molar refractivity (Wildman–Crippen MR) is 452 cm³/mol. The Morgan fingerprint density at radius 1 is 0.288 bits per heavy atom. The molecular weight excluding hydrogens is 1350 g/mol. The summed E-state index contributed by atoms with van der Waals surface area (Å²) in [5.41, 5.74) is 14.7. The number of fused-ring (bicyclic) bond motifs is 4. The molecule has 0 N–H and O–H groups in total. The second-order valence-electron chi connectivity index (χ2n) is 30.0. The molecule has 0 saturated carbocycles. The van der Waals surface area contributed by atoms with E-state index in [9.17, 15) is 0 Å². The fraction of sp³-hybridized carbons (Fsp3) is 0.543. The lowest BCUT2D eigenvalue weighted by Gasteiger charge is -2.17. The monoisotopic (exact) mass is 1470 g/mol. The smallest absolute Gasteiger partial charge is 0.148 e. The molecule has 6 heterocycles. The zero-order valence-corrected chi connectivity index (χ0v) is 67.7. The van der Waals surface area contributed by atoms with E-state index in [1.165, 1.54) is 280 Å². The number of ether oxygens (including phenoxy) is 2. The van der Waals surface area contributed by atoms with Crippen molar-refractivity contribution in [2.45, 2.75) is 311 Å². The molecule has 11 rings (SSSR count). The van der Waals surface area contributed by atoms with Crippen LogP contribution in [0, 0.1) is 13.8 Å². The summed E-state index contributed by atoms with van der Waals surface area (Å²) < 4.78 is 29.2. The van der Waals surface area contributed by atoms with E-state index in [1.54, 1.807) is 0 Å². The van der Waals surface area contributed by atoms with Crippen molar-refractivity contribution in [3.05, 3.63) is 119 Å². The molecule has 12 heteroatoms. The van der Waals surface area contributed by atoms with Crippen molar-refractivity contribution in [2.75, 3.05) is 13.2 Å². The molecule has 11 aromatic rings. The van der Waals surface area contributed by atoms with Crippen molar-refractivity contribution in [1.29, 1.82) is 0 Å². The Labute approximate surface area is 640 Å². The van der Waals surface area contributed by atoms with Gasteiger partial charge in [0.15, 0.2) is 0 Å². The van der Waals surface area contributed by atoms with Gasteiger partial charge in [-0.2, -0.15) is 0 Å². The van der Waals surface area contributed by atoms with Gasteiger partial charge in [-0.15, -0.1) is 45.3 Å². The number of benzene rings is 5. The Balaban J connectivity index is 1.01. The molecule has 0 fully saturated rings. The third-order valence-corrected chi connectivity index (χ3v) is 26.7.